The van der Waals surface area contributed by atoms with Crippen LogP contribution in [0.15, 0.2) is 6.07 Å². The summed E-state index contributed by atoms with van der Waals surface area (Å²) in [6.45, 7) is 6.32. The zero-order chi connectivity index (χ0) is 12.6. The smallest absolute Gasteiger partial charge is 0.144 e. The SMILES string of the molecule is CC.CNc1nc(C)cc(COC)c1C#N. The van der Waals surface area contributed by atoms with Crippen LogP contribution in [0.5, 0.6) is 0 Å². The van der Waals surface area contributed by atoms with Gasteiger partial charge in [0.05, 0.1) is 12.2 Å². The van der Waals surface area contributed by atoms with Gasteiger partial charge in [-0.25, -0.2) is 4.98 Å². The first-order valence-corrected chi connectivity index (χ1v) is 5.30. The molecule has 1 N–H and O–H groups in total. The Hall–Kier alpha value is -1.60. The zero-order valence-corrected chi connectivity index (χ0v) is 10.6. The number of aromatic nitrogens is 1. The molecule has 0 fully saturated rings. The van der Waals surface area contributed by atoms with Crippen molar-refractivity contribution < 1.29 is 4.74 Å². The van der Waals surface area contributed by atoms with Crippen molar-refractivity contribution in [3.63, 3.8) is 0 Å². The molecule has 0 atom stereocenters. The maximum absolute atomic E-state index is 8.96. The molecule has 0 aliphatic carbocycles. The van der Waals surface area contributed by atoms with E-state index in [0.29, 0.717) is 18.0 Å². The van der Waals surface area contributed by atoms with Crippen LogP contribution >= 0.6 is 0 Å². The summed E-state index contributed by atoms with van der Waals surface area (Å²) in [5.41, 5.74) is 2.30. The number of methoxy groups -OCH3 is 1. The molecule has 0 aliphatic heterocycles. The fraction of sp³-hybridized carbons (Fsp3) is 0.500. The highest BCUT2D eigenvalue weighted by Gasteiger charge is 2.09. The van der Waals surface area contributed by atoms with Crippen LogP contribution in [0.1, 0.15) is 30.7 Å². The summed E-state index contributed by atoms with van der Waals surface area (Å²) in [6, 6.07) is 3.99. The summed E-state index contributed by atoms with van der Waals surface area (Å²) in [7, 11) is 3.36. The van der Waals surface area contributed by atoms with Crippen LogP contribution < -0.4 is 5.32 Å². The number of ether oxygens (including phenoxy) is 1. The molecule has 0 unspecified atom stereocenters. The Morgan fingerprint density at radius 1 is 1.50 bits per heavy atom. The van der Waals surface area contributed by atoms with Gasteiger partial charge in [0, 0.05) is 25.4 Å². The third-order valence-electron chi connectivity index (χ3n) is 1.88. The molecule has 0 saturated carbocycles. The Balaban J connectivity index is 0.00000106. The lowest BCUT2D eigenvalue weighted by Gasteiger charge is -2.08. The minimum atomic E-state index is 0.431. The lowest BCUT2D eigenvalue weighted by molar-refractivity contribution is 0.184. The summed E-state index contributed by atoms with van der Waals surface area (Å²) in [5, 5.41) is 11.9. The molecule has 0 bridgehead atoms. The van der Waals surface area contributed by atoms with Gasteiger partial charge in [-0.3, -0.25) is 0 Å². The van der Waals surface area contributed by atoms with Gasteiger partial charge in [0.1, 0.15) is 11.9 Å². The number of nitrogens with one attached hydrogen (secondary N) is 1. The van der Waals surface area contributed by atoms with Gasteiger partial charge in [-0.15, -0.1) is 0 Å². The Morgan fingerprint density at radius 3 is 2.56 bits per heavy atom. The summed E-state index contributed by atoms with van der Waals surface area (Å²) < 4.78 is 5.02. The van der Waals surface area contributed by atoms with Gasteiger partial charge in [0.25, 0.3) is 0 Å². The molecule has 4 nitrogen and oxygen atoms in total. The van der Waals surface area contributed by atoms with Crippen molar-refractivity contribution in [3.8, 4) is 6.07 Å². The summed E-state index contributed by atoms with van der Waals surface area (Å²) in [5.74, 6) is 0.611. The molecule has 0 saturated heterocycles. The second-order valence-corrected chi connectivity index (χ2v) is 2.94. The molecule has 0 spiro atoms. The van der Waals surface area contributed by atoms with Crippen LogP contribution in [0.25, 0.3) is 0 Å². The third kappa shape index (κ3) is 3.52. The molecular formula is C12H19N3O. The average molecular weight is 221 g/mol. The fourth-order valence-electron chi connectivity index (χ4n) is 1.32. The molecule has 88 valence electrons. The molecular weight excluding hydrogens is 202 g/mol. The average Bonchev–Trinajstić information content (AvgIpc) is 2.31. The van der Waals surface area contributed by atoms with E-state index in [1.807, 2.05) is 26.8 Å². The van der Waals surface area contributed by atoms with Gasteiger partial charge in [0.15, 0.2) is 0 Å². The third-order valence-corrected chi connectivity index (χ3v) is 1.88. The molecule has 0 aromatic carbocycles. The van der Waals surface area contributed by atoms with E-state index in [-0.39, 0.29) is 0 Å². The van der Waals surface area contributed by atoms with Gasteiger partial charge in [-0.1, -0.05) is 13.8 Å². The van der Waals surface area contributed by atoms with E-state index >= 15 is 0 Å². The molecule has 0 radical (unpaired) electrons. The second-order valence-electron chi connectivity index (χ2n) is 2.94. The molecule has 4 heteroatoms. The van der Waals surface area contributed by atoms with Crippen LogP contribution in [-0.2, 0) is 11.3 Å². The maximum atomic E-state index is 8.96. The van der Waals surface area contributed by atoms with E-state index in [2.05, 4.69) is 16.4 Å². The van der Waals surface area contributed by atoms with E-state index in [4.69, 9.17) is 10.00 Å². The van der Waals surface area contributed by atoms with E-state index in [9.17, 15) is 0 Å². The topological polar surface area (TPSA) is 57.9 Å². The normalized spacial score (nSPS) is 8.75. The molecule has 1 aromatic rings. The number of aryl methyl sites for hydroxylation is 1. The number of hydrogen-bond donors (Lipinski definition) is 1. The van der Waals surface area contributed by atoms with Gasteiger partial charge < -0.3 is 10.1 Å². The van der Waals surface area contributed by atoms with Gasteiger partial charge in [0.2, 0.25) is 0 Å². The van der Waals surface area contributed by atoms with Crippen LogP contribution in [0, 0.1) is 18.3 Å². The molecule has 0 aliphatic rings. The number of nitrogens with zero attached hydrogens (tertiary/aromatic N) is 2. The van der Waals surface area contributed by atoms with E-state index < -0.39 is 0 Å². The molecule has 1 aromatic heterocycles. The number of rotatable bonds is 3. The highest BCUT2D eigenvalue weighted by molar-refractivity contribution is 5.56. The van der Waals surface area contributed by atoms with Crippen molar-refractivity contribution in [2.45, 2.75) is 27.4 Å². The van der Waals surface area contributed by atoms with Crippen LogP contribution in [0.2, 0.25) is 0 Å². The van der Waals surface area contributed by atoms with Crippen molar-refractivity contribution in [2.75, 3.05) is 19.5 Å². The highest BCUT2D eigenvalue weighted by atomic mass is 16.5. The Kier molecular flexibility index (Phi) is 6.89. The Labute approximate surface area is 97.3 Å². The fourth-order valence-corrected chi connectivity index (χ4v) is 1.32. The standard InChI is InChI=1S/C10H13N3O.C2H6/c1-7-4-8(6-14-3)9(5-11)10(12-2)13-7;1-2/h4H,6H2,1-3H3,(H,12,13);1-2H3. The molecule has 1 heterocycles. The van der Waals surface area contributed by atoms with Crippen molar-refractivity contribution in [1.82, 2.24) is 4.98 Å². The number of anilines is 1. The van der Waals surface area contributed by atoms with Gasteiger partial charge in [-0.2, -0.15) is 5.26 Å². The molecule has 1 rings (SSSR count). The Bertz CT molecular complexity index is 369. The number of nitriles is 1. The summed E-state index contributed by atoms with van der Waals surface area (Å²) in [6.07, 6.45) is 0. The quantitative estimate of drug-likeness (QED) is 0.851. The van der Waals surface area contributed by atoms with Gasteiger partial charge >= 0.3 is 0 Å². The van der Waals surface area contributed by atoms with Crippen molar-refractivity contribution in [3.05, 3.63) is 22.9 Å². The number of pyridine rings is 1. The maximum Gasteiger partial charge on any atom is 0.144 e. The van der Waals surface area contributed by atoms with Crippen LogP contribution in [-0.4, -0.2) is 19.1 Å². The van der Waals surface area contributed by atoms with E-state index in [1.54, 1.807) is 14.2 Å². The van der Waals surface area contributed by atoms with Gasteiger partial charge in [-0.05, 0) is 13.0 Å². The number of hydrogen-bond acceptors (Lipinski definition) is 4. The summed E-state index contributed by atoms with van der Waals surface area (Å²) >= 11 is 0. The van der Waals surface area contributed by atoms with Crippen LogP contribution in [0.3, 0.4) is 0 Å². The van der Waals surface area contributed by atoms with Crippen molar-refractivity contribution in [2.24, 2.45) is 0 Å². The zero-order valence-electron chi connectivity index (χ0n) is 10.6. The first-order chi connectivity index (χ1) is 7.72. The first kappa shape index (κ1) is 14.4. The second kappa shape index (κ2) is 7.66. The Morgan fingerprint density at radius 2 is 2.12 bits per heavy atom. The minimum Gasteiger partial charge on any atom is -0.380 e. The van der Waals surface area contributed by atoms with Crippen molar-refractivity contribution in [1.29, 1.82) is 5.26 Å². The molecule has 0 amide bonds. The van der Waals surface area contributed by atoms with E-state index in [1.165, 1.54) is 0 Å². The summed E-state index contributed by atoms with van der Waals surface area (Å²) in [4.78, 5) is 4.22. The van der Waals surface area contributed by atoms with Crippen molar-refractivity contribution >= 4 is 5.82 Å². The first-order valence-electron chi connectivity index (χ1n) is 5.30. The van der Waals surface area contributed by atoms with Crippen LogP contribution in [0.4, 0.5) is 5.82 Å². The highest BCUT2D eigenvalue weighted by Crippen LogP contribution is 2.18. The largest absolute Gasteiger partial charge is 0.380 e. The predicted molar refractivity (Wildman–Crippen MR) is 65.3 cm³/mol. The minimum absolute atomic E-state index is 0.431. The lowest BCUT2D eigenvalue weighted by atomic mass is 10.1. The van der Waals surface area contributed by atoms with E-state index in [0.717, 1.165) is 11.3 Å². The lowest BCUT2D eigenvalue weighted by Crippen LogP contribution is -2.03. The monoisotopic (exact) mass is 221 g/mol. The predicted octanol–water partition coefficient (Wildman–Crippen LogP) is 2.48. The molecule has 16 heavy (non-hydrogen) atoms.